The van der Waals surface area contributed by atoms with E-state index in [4.69, 9.17) is 0 Å². The van der Waals surface area contributed by atoms with Crippen LogP contribution in [-0.2, 0) is 14.4 Å². The number of aryl methyl sites for hydroxylation is 1. The van der Waals surface area contributed by atoms with Gasteiger partial charge in [0.2, 0.25) is 17.7 Å². The van der Waals surface area contributed by atoms with Crippen molar-refractivity contribution in [3.8, 4) is 0 Å². The maximum absolute atomic E-state index is 13.1. The fourth-order valence-electron chi connectivity index (χ4n) is 4.49. The molecule has 5 amide bonds. The Morgan fingerprint density at radius 3 is 2.25 bits per heavy atom. The van der Waals surface area contributed by atoms with Gasteiger partial charge in [0.25, 0.3) is 0 Å². The van der Waals surface area contributed by atoms with E-state index >= 15 is 0 Å². The highest BCUT2D eigenvalue weighted by Crippen LogP contribution is 2.35. The third kappa shape index (κ3) is 5.38. The number of rotatable bonds is 6. The minimum Gasteiger partial charge on any atom is -0.326 e. The Morgan fingerprint density at radius 1 is 0.972 bits per heavy atom. The SMILES string of the molecule is CC(=O)Nc1ccc(NC(=O)CSC2NC(c3ccccc3C)NC3C2C(=O)N(C)C(=O)N3C)cc1. The van der Waals surface area contributed by atoms with Crippen molar-refractivity contribution < 1.29 is 19.2 Å². The summed E-state index contributed by atoms with van der Waals surface area (Å²) in [7, 11) is 3.15. The number of nitrogens with one attached hydrogen (secondary N) is 4. The fourth-order valence-corrected chi connectivity index (χ4v) is 5.60. The molecule has 0 saturated carbocycles. The molecule has 0 radical (unpaired) electrons. The van der Waals surface area contributed by atoms with Gasteiger partial charge in [-0.15, -0.1) is 11.8 Å². The number of fused-ring (bicyclic) bond motifs is 1. The van der Waals surface area contributed by atoms with E-state index in [0.717, 1.165) is 16.0 Å². The van der Waals surface area contributed by atoms with E-state index in [1.807, 2.05) is 31.2 Å². The molecule has 4 rings (SSSR count). The topological polar surface area (TPSA) is 123 Å². The van der Waals surface area contributed by atoms with Crippen LogP contribution in [0.5, 0.6) is 0 Å². The van der Waals surface area contributed by atoms with E-state index in [9.17, 15) is 19.2 Å². The van der Waals surface area contributed by atoms with Gasteiger partial charge in [0.05, 0.1) is 29.4 Å². The Bertz CT molecular complexity index is 1170. The highest BCUT2D eigenvalue weighted by atomic mass is 32.2. The smallest absolute Gasteiger partial charge is 0.326 e. The first kappa shape index (κ1) is 25.7. The molecule has 2 saturated heterocycles. The van der Waals surface area contributed by atoms with Gasteiger partial charge in [0.1, 0.15) is 0 Å². The highest BCUT2D eigenvalue weighted by Gasteiger charge is 2.51. The molecule has 190 valence electrons. The lowest BCUT2D eigenvalue weighted by atomic mass is 9.95. The summed E-state index contributed by atoms with van der Waals surface area (Å²) in [5, 5.41) is 12.0. The van der Waals surface area contributed by atoms with Crippen molar-refractivity contribution >= 4 is 46.9 Å². The number of imide groups is 1. The van der Waals surface area contributed by atoms with Crippen molar-refractivity contribution in [2.45, 2.75) is 31.6 Å². The summed E-state index contributed by atoms with van der Waals surface area (Å²) in [6.07, 6.45) is -0.824. The van der Waals surface area contributed by atoms with Gasteiger partial charge < -0.3 is 15.5 Å². The lowest BCUT2D eigenvalue weighted by Gasteiger charge is -2.50. The predicted molar refractivity (Wildman–Crippen MR) is 139 cm³/mol. The molecule has 2 fully saturated rings. The molecule has 0 spiro atoms. The first-order chi connectivity index (χ1) is 17.2. The molecule has 4 atom stereocenters. The van der Waals surface area contributed by atoms with Gasteiger partial charge in [-0.05, 0) is 42.3 Å². The standard InChI is InChI=1S/C25H30N6O4S/c1-14-7-5-6-8-18(14)21-28-22-20(24(34)31(4)25(35)30(22)3)23(29-21)36-13-19(33)27-17-11-9-16(10-12-17)26-15(2)32/h5-12,20-23,28-29H,13H2,1-4H3,(H,26,32)(H,27,33). The van der Waals surface area contributed by atoms with Crippen molar-refractivity contribution in [3.63, 3.8) is 0 Å². The zero-order valence-corrected chi connectivity index (χ0v) is 21.4. The van der Waals surface area contributed by atoms with Gasteiger partial charge in [-0.3, -0.25) is 29.9 Å². The van der Waals surface area contributed by atoms with Crippen molar-refractivity contribution in [1.82, 2.24) is 20.4 Å². The van der Waals surface area contributed by atoms with Crippen LogP contribution in [0.25, 0.3) is 0 Å². The number of anilines is 2. The van der Waals surface area contributed by atoms with Gasteiger partial charge >= 0.3 is 6.03 Å². The molecule has 2 heterocycles. The second-order valence-corrected chi connectivity index (χ2v) is 10.1. The normalized spacial score (nSPS) is 23.8. The van der Waals surface area contributed by atoms with Gasteiger partial charge in [0.15, 0.2) is 0 Å². The minimum absolute atomic E-state index is 0.101. The number of benzene rings is 2. The minimum atomic E-state index is -0.576. The van der Waals surface area contributed by atoms with Crippen molar-refractivity contribution in [1.29, 1.82) is 0 Å². The van der Waals surface area contributed by atoms with Gasteiger partial charge in [-0.1, -0.05) is 24.3 Å². The predicted octanol–water partition coefficient (Wildman–Crippen LogP) is 2.31. The molecule has 0 bridgehead atoms. The molecule has 10 nitrogen and oxygen atoms in total. The number of carbonyl (C=O) groups excluding carboxylic acids is 4. The first-order valence-corrected chi connectivity index (χ1v) is 12.6. The molecule has 2 aromatic carbocycles. The third-order valence-corrected chi connectivity index (χ3v) is 7.56. The molecule has 11 heteroatoms. The lowest BCUT2D eigenvalue weighted by molar-refractivity contribution is -0.140. The number of urea groups is 1. The molecular formula is C25H30N6O4S. The lowest BCUT2D eigenvalue weighted by Crippen LogP contribution is -2.72. The van der Waals surface area contributed by atoms with Crippen LogP contribution in [0.4, 0.5) is 16.2 Å². The van der Waals surface area contributed by atoms with Gasteiger partial charge in [0, 0.05) is 32.4 Å². The van der Waals surface area contributed by atoms with Gasteiger partial charge in [-0.2, -0.15) is 0 Å². The summed E-state index contributed by atoms with van der Waals surface area (Å²) < 4.78 is 0. The highest BCUT2D eigenvalue weighted by molar-refractivity contribution is 8.00. The monoisotopic (exact) mass is 510 g/mol. The number of hydrogen-bond donors (Lipinski definition) is 4. The number of hydrogen-bond acceptors (Lipinski definition) is 7. The maximum atomic E-state index is 13.1. The molecular weight excluding hydrogens is 480 g/mol. The zero-order valence-electron chi connectivity index (χ0n) is 20.6. The van der Waals surface area contributed by atoms with Crippen LogP contribution in [0.3, 0.4) is 0 Å². The third-order valence-electron chi connectivity index (χ3n) is 6.34. The first-order valence-electron chi connectivity index (χ1n) is 11.6. The molecule has 4 unspecified atom stereocenters. The van der Waals surface area contributed by atoms with Crippen LogP contribution < -0.4 is 21.3 Å². The average molecular weight is 511 g/mol. The van der Waals surface area contributed by atoms with Crippen LogP contribution in [0.2, 0.25) is 0 Å². The maximum Gasteiger partial charge on any atom is 0.327 e. The molecule has 0 aromatic heterocycles. The molecule has 2 aliphatic heterocycles. The van der Waals surface area contributed by atoms with Crippen molar-refractivity contribution in [2.75, 3.05) is 30.5 Å². The molecule has 2 aliphatic rings. The number of thioether (sulfide) groups is 1. The molecule has 0 aliphatic carbocycles. The average Bonchev–Trinajstić information content (AvgIpc) is 2.85. The Balaban J connectivity index is 1.49. The van der Waals surface area contributed by atoms with Crippen LogP contribution in [0.1, 0.15) is 24.2 Å². The van der Waals surface area contributed by atoms with E-state index in [2.05, 4.69) is 21.3 Å². The summed E-state index contributed by atoms with van der Waals surface area (Å²) in [6.45, 7) is 3.44. The van der Waals surface area contributed by atoms with E-state index in [-0.39, 0.29) is 35.7 Å². The second-order valence-electron chi connectivity index (χ2n) is 8.92. The Labute approximate surface area is 214 Å². The molecule has 4 N–H and O–H groups in total. The number of carbonyl (C=O) groups is 4. The number of amides is 5. The van der Waals surface area contributed by atoms with Crippen LogP contribution in [-0.4, -0.2) is 64.9 Å². The Morgan fingerprint density at radius 2 is 1.61 bits per heavy atom. The summed E-state index contributed by atoms with van der Waals surface area (Å²) in [5.41, 5.74) is 3.32. The largest absolute Gasteiger partial charge is 0.327 e. The van der Waals surface area contributed by atoms with Crippen LogP contribution in [0.15, 0.2) is 48.5 Å². The van der Waals surface area contributed by atoms with Crippen LogP contribution >= 0.6 is 11.8 Å². The quantitative estimate of drug-likeness (QED) is 0.470. The fraction of sp³-hybridized carbons (Fsp3) is 0.360. The van der Waals surface area contributed by atoms with Crippen molar-refractivity contribution in [3.05, 3.63) is 59.7 Å². The number of nitrogens with zero attached hydrogens (tertiary/aromatic N) is 2. The van der Waals surface area contributed by atoms with E-state index in [0.29, 0.717) is 11.4 Å². The summed E-state index contributed by atoms with van der Waals surface area (Å²) in [6, 6.07) is 14.4. The van der Waals surface area contributed by atoms with Crippen molar-refractivity contribution in [2.24, 2.45) is 5.92 Å². The summed E-state index contributed by atoms with van der Waals surface area (Å²) in [4.78, 5) is 52.4. The molecule has 2 aromatic rings. The summed E-state index contributed by atoms with van der Waals surface area (Å²) in [5.74, 6) is -1.16. The Hall–Kier alpha value is -3.41. The second kappa shape index (κ2) is 10.7. The van der Waals surface area contributed by atoms with Gasteiger partial charge in [-0.25, -0.2) is 4.79 Å². The molecule has 36 heavy (non-hydrogen) atoms. The van der Waals surface area contributed by atoms with E-state index < -0.39 is 17.5 Å². The van der Waals surface area contributed by atoms with E-state index in [1.165, 1.54) is 25.7 Å². The zero-order chi connectivity index (χ0) is 26.0. The van der Waals surface area contributed by atoms with Crippen LogP contribution in [0, 0.1) is 12.8 Å². The van der Waals surface area contributed by atoms with E-state index in [1.54, 1.807) is 36.2 Å². The summed E-state index contributed by atoms with van der Waals surface area (Å²) >= 11 is 1.33. The Kier molecular flexibility index (Phi) is 7.62.